The number of rotatable bonds is 1. The van der Waals surface area contributed by atoms with Crippen molar-refractivity contribution in [3.05, 3.63) is 303 Å². The molecule has 1 aromatic carbocycles. The number of imidazole rings is 3. The highest BCUT2D eigenvalue weighted by Gasteiger charge is 2.40. The summed E-state index contributed by atoms with van der Waals surface area (Å²) in [5.74, 6) is 4.19. The maximum absolute atomic E-state index is 8.05. The molecule has 490 valence electrons. The molecule has 0 unspecified atom stereocenters. The van der Waals surface area contributed by atoms with E-state index >= 15 is 0 Å². The Morgan fingerprint density at radius 3 is 1.41 bits per heavy atom. The molecule has 0 saturated carbocycles. The normalized spacial score (nSPS) is 13.5. The molecule has 0 saturated heterocycles. The van der Waals surface area contributed by atoms with Crippen molar-refractivity contribution in [3.63, 3.8) is 0 Å². The Labute approximate surface area is 594 Å². The van der Waals surface area contributed by atoms with Gasteiger partial charge in [-0.1, -0.05) is 59.9 Å². The van der Waals surface area contributed by atoms with Gasteiger partial charge in [0.15, 0.2) is 40.7 Å². The summed E-state index contributed by atoms with van der Waals surface area (Å²) in [5.41, 5.74) is 29.4. The zero-order valence-corrected chi connectivity index (χ0v) is 56.2. The van der Waals surface area contributed by atoms with Crippen LogP contribution in [0.15, 0.2) is 280 Å². The molecule has 5 aliphatic rings. The van der Waals surface area contributed by atoms with E-state index in [4.69, 9.17) is 8.53 Å². The number of aryl methyl sites for hydroxylation is 2. The van der Waals surface area contributed by atoms with Crippen LogP contribution in [-0.2, 0) is 46.7 Å². The predicted molar refractivity (Wildman–Crippen MR) is 395 cm³/mol. The van der Waals surface area contributed by atoms with Crippen molar-refractivity contribution in [2.45, 2.75) is 32.7 Å². The van der Waals surface area contributed by atoms with Crippen LogP contribution >= 0.6 is 11.3 Å². The minimum absolute atomic E-state index is 0.648. The third kappa shape index (κ3) is 8.43. The third-order valence-electron chi connectivity index (χ3n) is 21.1. The Balaban J connectivity index is 0.0000000830. The number of nitrogens with zero attached hydrogens (tertiary/aromatic N) is 18. The summed E-state index contributed by atoms with van der Waals surface area (Å²) in [6.07, 6.45) is 39.9. The van der Waals surface area contributed by atoms with Crippen LogP contribution < -0.4 is 22.8 Å². The predicted octanol–water partition coefficient (Wildman–Crippen LogP) is 13.1. The highest BCUT2D eigenvalue weighted by atomic mass is 32.1. The number of para-hydroxylation sites is 1. The van der Waals surface area contributed by atoms with Gasteiger partial charge < -0.3 is 26.4 Å². The van der Waals surface area contributed by atoms with Crippen LogP contribution in [0.3, 0.4) is 0 Å². The molecule has 20 heteroatoms. The van der Waals surface area contributed by atoms with Crippen molar-refractivity contribution < 1.29 is 31.4 Å². The summed E-state index contributed by atoms with van der Waals surface area (Å²) in [6.45, 7) is 1.94. The first-order chi connectivity index (χ1) is 52.1. The number of hydrogen-bond donors (Lipinski definition) is 0. The Kier molecular flexibility index (Phi) is 11.6. The fourth-order valence-electron chi connectivity index (χ4n) is 16.7. The van der Waals surface area contributed by atoms with E-state index in [0.717, 1.165) is 82.2 Å². The lowest BCUT2D eigenvalue weighted by atomic mass is 10.1. The number of fused-ring (bicyclic) bond motifs is 35. The third-order valence-corrected chi connectivity index (χ3v) is 22.3. The molecule has 0 atom stereocenters. The first kappa shape index (κ1) is 54.5. The van der Waals surface area contributed by atoms with E-state index in [1.54, 1.807) is 6.20 Å². The summed E-state index contributed by atoms with van der Waals surface area (Å²) < 4.78 is 59.9. The minimum atomic E-state index is -2.25. The van der Waals surface area contributed by atoms with Crippen LogP contribution in [0.1, 0.15) is 31.9 Å². The molecular formula is C83H61N18OS+5. The lowest BCUT2D eigenvalue weighted by Crippen LogP contribution is -2.31. The van der Waals surface area contributed by atoms with Gasteiger partial charge in [-0.3, -0.25) is 24.9 Å². The number of benzene rings is 1. The molecule has 21 aromatic rings. The summed E-state index contributed by atoms with van der Waals surface area (Å²) in [4.78, 5) is 21.2. The molecule has 0 amide bonds. The second kappa shape index (κ2) is 22.0. The molecule has 20 aromatic heterocycles. The maximum atomic E-state index is 8.05. The highest BCUT2D eigenvalue weighted by molar-refractivity contribution is 7.21. The van der Waals surface area contributed by atoms with Gasteiger partial charge in [0.1, 0.15) is 41.1 Å². The molecule has 5 aliphatic heterocycles. The maximum Gasteiger partial charge on any atom is 0.382 e. The van der Waals surface area contributed by atoms with Gasteiger partial charge in [-0.2, -0.15) is 9.13 Å². The van der Waals surface area contributed by atoms with Gasteiger partial charge in [0, 0.05) is 121 Å². The van der Waals surface area contributed by atoms with Crippen LogP contribution in [0.4, 0.5) is 0 Å². The van der Waals surface area contributed by atoms with E-state index in [2.05, 4.69) is 234 Å². The van der Waals surface area contributed by atoms with Gasteiger partial charge >= 0.3 is 5.89 Å². The fourth-order valence-corrected chi connectivity index (χ4v) is 18.0. The van der Waals surface area contributed by atoms with Crippen LogP contribution in [-0.4, -0.2) is 60.6 Å². The summed E-state index contributed by atoms with van der Waals surface area (Å²) in [5, 5.41) is 1.36. The summed E-state index contributed by atoms with van der Waals surface area (Å²) >= 11 is 1.87. The van der Waals surface area contributed by atoms with E-state index in [9.17, 15) is 0 Å². The lowest BCUT2D eigenvalue weighted by molar-refractivity contribution is -0.648. The van der Waals surface area contributed by atoms with Gasteiger partial charge in [-0.25, -0.2) is 22.8 Å². The molecule has 0 radical (unpaired) electrons. The van der Waals surface area contributed by atoms with Crippen LogP contribution in [0.5, 0.6) is 0 Å². The number of oxazole rings is 1. The van der Waals surface area contributed by atoms with E-state index < -0.39 is 6.98 Å². The van der Waals surface area contributed by atoms with Crippen LogP contribution in [0, 0.1) is 0 Å². The van der Waals surface area contributed by atoms with Crippen molar-refractivity contribution in [3.8, 4) is 61.9 Å². The van der Waals surface area contributed by atoms with Crippen molar-refractivity contribution in [2.75, 3.05) is 0 Å². The van der Waals surface area contributed by atoms with E-state index in [1.165, 1.54) is 120 Å². The molecular weight excluding hydrogens is 1300 g/mol. The zero-order valence-electron chi connectivity index (χ0n) is 58.4. The van der Waals surface area contributed by atoms with Crippen molar-refractivity contribution in [2.24, 2.45) is 14.0 Å². The molecule has 0 fully saturated rings. The molecule has 0 N–H and O–H groups in total. The average Bonchev–Trinajstić information content (AvgIpc) is 1.56. The molecule has 103 heavy (non-hydrogen) atoms. The summed E-state index contributed by atoms with van der Waals surface area (Å²) in [7, 11) is 2.15. The standard InChI is InChI=1S/C21H15N4.2C16H13N4.C15H10N3O.C15H10N3S/c1-2-6-16(7-3-1)25-19-14-23-11-5-4-8-18(23)20(19)24-13-15-12-22-10-9-17(15)21(24)25;2*1-18-15-13-4-2-3-7-19(13)10-14(15)20-9-11-8-17-6-5-12(11)16(18)20;2*1-2-6-17-9-13-14(12(17)3-1)18-8-10-7-16-5-4-11(10)15(18)19-13/h1-12,14H,13H2;2*2-8,10H,9H2,1H3;2*1-7,9H,8H2/q5*+1/i;1D3;;;. The Morgan fingerprint density at radius 2 is 0.816 bits per heavy atom. The highest BCUT2D eigenvalue weighted by Crippen LogP contribution is 2.41. The fraction of sp³-hybridized carbons (Fsp3) is 0.0843. The van der Waals surface area contributed by atoms with E-state index in [1.807, 2.05) is 133 Å². The SMILES string of the molecule is C[n+]1c2n(c3cn4ccccc4c31)Cc1cnccc1-2.[2H]C([2H])([2H])[n+]1c2n(c3cn4ccccc4c31)Cc1cnccc1-2.c1ccc(-n2c3[n+](c4c2cn2ccccc42)Cc2cnccc2-3)cc1.c1ccn2cc3oc4[n+](c3c2c1)Cc1cnccc1-4.c1ccn2cc3sc4[n+](c3c2c1)Cc1cnccc1-4. The van der Waals surface area contributed by atoms with Gasteiger partial charge in [-0.05, 0) is 103 Å². The Hall–Kier alpha value is -13.5. The van der Waals surface area contributed by atoms with Crippen molar-refractivity contribution in [1.82, 2.24) is 60.6 Å². The summed E-state index contributed by atoms with van der Waals surface area (Å²) in [6, 6.07) is 51.9. The molecule has 19 nitrogen and oxygen atoms in total. The topological polar surface area (TPSA) is 134 Å². The van der Waals surface area contributed by atoms with Crippen LogP contribution in [0.25, 0.3) is 144 Å². The number of hydrogen-bond acceptors (Lipinski definition) is 7. The Morgan fingerprint density at radius 1 is 0.379 bits per heavy atom. The van der Waals surface area contributed by atoms with Gasteiger partial charge in [0.05, 0.1) is 92.9 Å². The van der Waals surface area contributed by atoms with Gasteiger partial charge in [-0.15, -0.1) is 4.57 Å². The van der Waals surface area contributed by atoms with Crippen LogP contribution in [0.2, 0.25) is 0 Å². The largest absolute Gasteiger partial charge is 0.396 e. The quantitative estimate of drug-likeness (QED) is 0.150. The molecule has 26 rings (SSSR count). The molecule has 25 heterocycles. The number of aromatic nitrogens is 18. The number of pyridine rings is 10. The van der Waals surface area contributed by atoms with E-state index in [0.29, 0.717) is 6.54 Å². The first-order valence-corrected chi connectivity index (χ1v) is 35.1. The second-order valence-electron chi connectivity index (χ2n) is 26.7. The smallest absolute Gasteiger partial charge is 0.382 e. The van der Waals surface area contributed by atoms with Gasteiger partial charge in [0.25, 0.3) is 28.0 Å². The molecule has 0 spiro atoms. The molecule has 0 aliphatic carbocycles. The van der Waals surface area contributed by atoms with E-state index in [-0.39, 0.29) is 0 Å². The average molecular weight is 1360 g/mol. The zero-order chi connectivity index (χ0) is 70.2. The molecule has 0 bridgehead atoms. The van der Waals surface area contributed by atoms with Gasteiger partial charge in [0.2, 0.25) is 16.6 Å². The Bertz CT molecular complexity index is 7080. The lowest BCUT2D eigenvalue weighted by Gasteiger charge is -2.01. The first-order valence-electron chi connectivity index (χ1n) is 35.8. The minimum Gasteiger partial charge on any atom is -0.396 e. The van der Waals surface area contributed by atoms with Crippen molar-refractivity contribution in [1.29, 1.82) is 0 Å². The second-order valence-corrected chi connectivity index (χ2v) is 27.7. The number of thiazole rings is 1. The van der Waals surface area contributed by atoms with Crippen molar-refractivity contribution >= 4 is 93.3 Å². The monoisotopic (exact) mass is 1360 g/mol.